The number of rotatable bonds is 4. The van der Waals surface area contributed by atoms with E-state index in [2.05, 4.69) is 4.90 Å². The van der Waals surface area contributed by atoms with Crippen LogP contribution < -0.4 is 0 Å². The molecule has 138 valence electrons. The maximum atomic E-state index is 12.8. The van der Waals surface area contributed by atoms with E-state index < -0.39 is 5.60 Å². The van der Waals surface area contributed by atoms with E-state index in [0.717, 1.165) is 25.7 Å². The Labute approximate surface area is 150 Å². The number of amides is 1. The van der Waals surface area contributed by atoms with Gasteiger partial charge in [-0.3, -0.25) is 9.69 Å². The Morgan fingerprint density at radius 2 is 1.92 bits per heavy atom. The summed E-state index contributed by atoms with van der Waals surface area (Å²) in [4.78, 5) is 17.2. The van der Waals surface area contributed by atoms with Crippen molar-refractivity contribution in [1.29, 1.82) is 0 Å². The second-order valence-corrected chi connectivity index (χ2v) is 8.27. The molecule has 25 heavy (non-hydrogen) atoms. The van der Waals surface area contributed by atoms with Crippen molar-refractivity contribution in [3.63, 3.8) is 0 Å². The van der Waals surface area contributed by atoms with Crippen molar-refractivity contribution in [1.82, 2.24) is 9.80 Å². The van der Waals surface area contributed by atoms with Gasteiger partial charge in [0, 0.05) is 25.2 Å². The molecule has 1 aromatic rings. The van der Waals surface area contributed by atoms with Gasteiger partial charge in [-0.2, -0.15) is 0 Å². The zero-order chi connectivity index (χ0) is 17.4. The molecular formula is C20H30N2O3. The van der Waals surface area contributed by atoms with Gasteiger partial charge in [0.25, 0.3) is 0 Å². The highest BCUT2D eigenvalue weighted by Gasteiger charge is 2.50. The summed E-state index contributed by atoms with van der Waals surface area (Å²) >= 11 is 0. The molecule has 1 aromatic heterocycles. The third-order valence-electron chi connectivity index (χ3n) is 6.73. The van der Waals surface area contributed by atoms with Crippen LogP contribution >= 0.6 is 0 Å². The number of furan rings is 1. The Hall–Kier alpha value is -1.33. The van der Waals surface area contributed by atoms with Gasteiger partial charge >= 0.3 is 0 Å². The Bertz CT molecular complexity index is 580. The number of fused-ring (bicyclic) bond motifs is 2. The molecule has 2 bridgehead atoms. The topological polar surface area (TPSA) is 56.9 Å². The van der Waals surface area contributed by atoms with E-state index in [0.29, 0.717) is 31.2 Å². The fourth-order valence-corrected chi connectivity index (χ4v) is 5.26. The minimum atomic E-state index is -0.871. The van der Waals surface area contributed by atoms with Gasteiger partial charge in [-0.05, 0) is 50.7 Å². The molecule has 3 aliphatic rings. The van der Waals surface area contributed by atoms with E-state index in [1.165, 1.54) is 19.3 Å². The van der Waals surface area contributed by atoms with Gasteiger partial charge in [0.15, 0.2) is 0 Å². The first-order chi connectivity index (χ1) is 12.1. The monoisotopic (exact) mass is 346 g/mol. The average molecular weight is 346 g/mol. The molecule has 2 atom stereocenters. The molecule has 2 saturated heterocycles. The Morgan fingerprint density at radius 1 is 1.24 bits per heavy atom. The van der Waals surface area contributed by atoms with Crippen LogP contribution in [-0.4, -0.2) is 52.5 Å². The molecule has 1 aliphatic carbocycles. The Kier molecular flexibility index (Phi) is 4.63. The van der Waals surface area contributed by atoms with E-state index in [4.69, 9.17) is 4.42 Å². The molecule has 5 heteroatoms. The summed E-state index contributed by atoms with van der Waals surface area (Å²) in [6, 6.07) is 4.68. The lowest BCUT2D eigenvalue weighted by Gasteiger charge is -2.43. The predicted molar refractivity (Wildman–Crippen MR) is 95.0 cm³/mol. The summed E-state index contributed by atoms with van der Waals surface area (Å²) in [6.07, 6.45) is 11.2. The number of hydrogen-bond donors (Lipinski definition) is 1. The molecule has 0 aromatic carbocycles. The van der Waals surface area contributed by atoms with Gasteiger partial charge in [0.1, 0.15) is 11.4 Å². The number of aliphatic hydroxyl groups is 1. The van der Waals surface area contributed by atoms with E-state index in [1.54, 1.807) is 6.26 Å². The first-order valence-electron chi connectivity index (χ1n) is 9.84. The fraction of sp³-hybridized carbons (Fsp3) is 0.750. The molecule has 3 heterocycles. The van der Waals surface area contributed by atoms with Gasteiger partial charge < -0.3 is 14.4 Å². The smallest absolute Gasteiger partial charge is 0.236 e. The highest BCUT2D eigenvalue weighted by molar-refractivity contribution is 5.78. The quantitative estimate of drug-likeness (QED) is 0.911. The molecule has 4 rings (SSSR count). The summed E-state index contributed by atoms with van der Waals surface area (Å²) in [7, 11) is 1.98. The number of likely N-dealkylation sites (N-methyl/N-ethyl adjacent to an activating group) is 1. The number of carbonyl (C=O) groups excluding carboxylic acids is 1. The second kappa shape index (κ2) is 6.76. The van der Waals surface area contributed by atoms with E-state index >= 15 is 0 Å². The summed E-state index contributed by atoms with van der Waals surface area (Å²) in [5.74, 6) is 0.918. The molecular weight excluding hydrogens is 316 g/mol. The van der Waals surface area contributed by atoms with Crippen LogP contribution in [0.3, 0.4) is 0 Å². The second-order valence-electron chi connectivity index (χ2n) is 8.27. The number of hydrogen-bond acceptors (Lipinski definition) is 4. The summed E-state index contributed by atoms with van der Waals surface area (Å²) in [5, 5.41) is 11.1. The highest BCUT2D eigenvalue weighted by atomic mass is 16.4. The lowest BCUT2D eigenvalue weighted by molar-refractivity contribution is -0.137. The molecule has 1 N–H and O–H groups in total. The Balaban J connectivity index is 1.40. The zero-order valence-electron chi connectivity index (χ0n) is 15.2. The van der Waals surface area contributed by atoms with Gasteiger partial charge in [-0.15, -0.1) is 0 Å². The number of nitrogens with zero attached hydrogens (tertiary/aromatic N) is 2. The molecule has 3 fully saturated rings. The van der Waals surface area contributed by atoms with Crippen molar-refractivity contribution in [2.75, 3.05) is 13.6 Å². The van der Waals surface area contributed by atoms with Crippen LogP contribution in [0.4, 0.5) is 0 Å². The molecule has 5 nitrogen and oxygen atoms in total. The van der Waals surface area contributed by atoms with Crippen LogP contribution in [0.1, 0.15) is 63.5 Å². The van der Waals surface area contributed by atoms with E-state index in [-0.39, 0.29) is 18.0 Å². The van der Waals surface area contributed by atoms with Crippen LogP contribution in [0.5, 0.6) is 0 Å². The minimum absolute atomic E-state index is 0.243. The largest absolute Gasteiger partial charge is 0.466 e. The minimum Gasteiger partial charge on any atom is -0.466 e. The van der Waals surface area contributed by atoms with Gasteiger partial charge in [0.2, 0.25) is 5.91 Å². The lowest BCUT2D eigenvalue weighted by atomic mass is 9.84. The van der Waals surface area contributed by atoms with Gasteiger partial charge in [-0.25, -0.2) is 0 Å². The van der Waals surface area contributed by atoms with E-state index in [9.17, 15) is 9.90 Å². The normalized spacial score (nSPS) is 33.5. The standard InChI is InChI=1S/C20H30N2O3/c1-21(15-6-3-2-4-7-15)19(23)14-22-16-9-10-17(22)13-20(24,12-16)18-8-5-11-25-18/h5,8,11,15-17,24H,2-4,6-7,9-10,12-14H2,1H3. The van der Waals surface area contributed by atoms with E-state index in [1.807, 2.05) is 24.1 Å². The maximum Gasteiger partial charge on any atom is 0.236 e. The average Bonchev–Trinajstić information content (AvgIpc) is 3.24. The zero-order valence-corrected chi connectivity index (χ0v) is 15.2. The van der Waals surface area contributed by atoms with Crippen molar-refractivity contribution in [2.45, 2.75) is 81.5 Å². The van der Waals surface area contributed by atoms with Crippen molar-refractivity contribution in [2.24, 2.45) is 0 Å². The Morgan fingerprint density at radius 3 is 2.52 bits per heavy atom. The summed E-state index contributed by atoms with van der Waals surface area (Å²) in [5.41, 5.74) is -0.871. The fourth-order valence-electron chi connectivity index (χ4n) is 5.26. The third kappa shape index (κ3) is 3.24. The molecule has 0 radical (unpaired) electrons. The van der Waals surface area contributed by atoms with Crippen molar-refractivity contribution < 1.29 is 14.3 Å². The molecule has 2 aliphatic heterocycles. The molecule has 1 amide bonds. The highest BCUT2D eigenvalue weighted by Crippen LogP contribution is 2.45. The summed E-state index contributed by atoms with van der Waals surface area (Å²) < 4.78 is 5.49. The van der Waals surface area contributed by atoms with Crippen molar-refractivity contribution >= 4 is 5.91 Å². The first kappa shape index (κ1) is 17.1. The number of piperidine rings is 1. The molecule has 0 spiro atoms. The van der Waals surface area contributed by atoms with Crippen LogP contribution in [-0.2, 0) is 10.4 Å². The first-order valence-corrected chi connectivity index (χ1v) is 9.84. The van der Waals surface area contributed by atoms with Gasteiger partial charge in [0.05, 0.1) is 12.8 Å². The predicted octanol–water partition coefficient (Wildman–Crippen LogP) is 2.89. The van der Waals surface area contributed by atoms with Crippen LogP contribution in [0, 0.1) is 0 Å². The van der Waals surface area contributed by atoms with Gasteiger partial charge in [-0.1, -0.05) is 19.3 Å². The van der Waals surface area contributed by atoms with Crippen molar-refractivity contribution in [3.8, 4) is 0 Å². The SMILES string of the molecule is CN(C(=O)CN1C2CCC1CC(O)(c1ccco1)C2)C1CCCCC1. The molecule has 1 saturated carbocycles. The third-order valence-corrected chi connectivity index (χ3v) is 6.73. The maximum absolute atomic E-state index is 12.8. The van der Waals surface area contributed by atoms with Crippen LogP contribution in [0.15, 0.2) is 22.8 Å². The summed E-state index contributed by atoms with van der Waals surface area (Å²) in [6.45, 7) is 0.497. The number of carbonyl (C=O) groups is 1. The molecule has 2 unspecified atom stereocenters. The van der Waals surface area contributed by atoms with Crippen molar-refractivity contribution in [3.05, 3.63) is 24.2 Å². The van der Waals surface area contributed by atoms with Crippen LogP contribution in [0.2, 0.25) is 0 Å². The van der Waals surface area contributed by atoms with Crippen LogP contribution in [0.25, 0.3) is 0 Å². The lowest BCUT2D eigenvalue weighted by Crippen LogP contribution is -2.53.